The number of aliphatic imine (C=N–C) groups is 1. The molecule has 2 N–H and O–H groups in total. The molecule has 0 aliphatic heterocycles. The van der Waals surface area contributed by atoms with Crippen molar-refractivity contribution in [3.8, 4) is 6.19 Å². The predicted molar refractivity (Wildman–Crippen MR) is 103 cm³/mol. The maximum absolute atomic E-state index is 8.82. The van der Waals surface area contributed by atoms with Gasteiger partial charge in [-0.05, 0) is 37.8 Å². The third-order valence-electron chi connectivity index (χ3n) is 4.67. The van der Waals surface area contributed by atoms with Crippen LogP contribution in [0.1, 0.15) is 51.4 Å². The molecule has 0 amide bonds. The molecule has 2 rings (SSSR count). The smallest absolute Gasteiger partial charge is 0.211 e. The minimum absolute atomic E-state index is 0.472. The van der Waals surface area contributed by atoms with Crippen LogP contribution in [0.4, 0.5) is 5.69 Å². The van der Waals surface area contributed by atoms with E-state index in [0.29, 0.717) is 12.0 Å². The zero-order valence-electron chi connectivity index (χ0n) is 15.7. The van der Waals surface area contributed by atoms with Gasteiger partial charge in [0.15, 0.2) is 0 Å². The zero-order valence-corrected chi connectivity index (χ0v) is 15.7. The molecule has 1 fully saturated rings. The van der Waals surface area contributed by atoms with Gasteiger partial charge in [-0.3, -0.25) is 4.98 Å². The van der Waals surface area contributed by atoms with Crippen LogP contribution >= 0.6 is 0 Å². The van der Waals surface area contributed by atoms with Gasteiger partial charge in [-0.25, -0.2) is 0 Å². The Balaban J connectivity index is 1.62. The van der Waals surface area contributed by atoms with Gasteiger partial charge >= 0.3 is 0 Å². The molecule has 1 aliphatic carbocycles. The first-order valence-electron chi connectivity index (χ1n) is 9.52. The molecule has 0 spiro atoms. The molecule has 0 unspecified atom stereocenters. The van der Waals surface area contributed by atoms with Crippen molar-refractivity contribution in [1.29, 1.82) is 5.26 Å². The summed E-state index contributed by atoms with van der Waals surface area (Å²) in [6, 6.07) is 4.25. The molecule has 142 valence electrons. The van der Waals surface area contributed by atoms with Gasteiger partial charge in [-0.2, -0.15) is 10.3 Å². The number of pyridine rings is 1. The van der Waals surface area contributed by atoms with Crippen LogP contribution in [0.2, 0.25) is 0 Å². The Hall–Kier alpha value is -2.17. The van der Waals surface area contributed by atoms with Crippen molar-refractivity contribution in [2.24, 2.45) is 4.99 Å². The lowest BCUT2D eigenvalue weighted by molar-refractivity contribution is -0.168. The number of hydrogen-bond donors (Lipinski definition) is 2. The highest BCUT2D eigenvalue weighted by molar-refractivity contribution is 5.94. The van der Waals surface area contributed by atoms with Crippen LogP contribution in [0.5, 0.6) is 0 Å². The molecule has 1 aromatic heterocycles. The summed E-state index contributed by atoms with van der Waals surface area (Å²) in [4.78, 5) is 13.3. The summed E-state index contributed by atoms with van der Waals surface area (Å²) in [6.07, 6.45) is 15.0. The highest BCUT2D eigenvalue weighted by atomic mass is 16.7. The molecule has 26 heavy (non-hydrogen) atoms. The van der Waals surface area contributed by atoms with Crippen LogP contribution in [0.3, 0.4) is 0 Å². The molecule has 1 aliphatic rings. The van der Waals surface area contributed by atoms with E-state index in [-0.39, 0.29) is 0 Å². The lowest BCUT2D eigenvalue weighted by Gasteiger charge is -2.32. The molecule has 0 radical (unpaired) electrons. The number of hydroxylamine groups is 2. The zero-order chi connectivity index (χ0) is 18.5. The van der Waals surface area contributed by atoms with E-state index in [9.17, 15) is 0 Å². The predicted octanol–water partition coefficient (Wildman–Crippen LogP) is 3.29. The molecule has 0 bridgehead atoms. The molecule has 0 atom stereocenters. The van der Waals surface area contributed by atoms with Crippen LogP contribution in [-0.2, 0) is 4.84 Å². The third kappa shape index (κ3) is 7.38. The third-order valence-corrected chi connectivity index (χ3v) is 4.67. The topological polar surface area (TPSA) is 85.6 Å². The summed E-state index contributed by atoms with van der Waals surface area (Å²) in [5.74, 6) is 0.472. The quantitative estimate of drug-likeness (QED) is 0.232. The van der Waals surface area contributed by atoms with E-state index in [0.717, 1.165) is 38.0 Å². The van der Waals surface area contributed by atoms with Crippen molar-refractivity contribution in [1.82, 2.24) is 15.4 Å². The minimum atomic E-state index is 0.472. The number of anilines is 1. The van der Waals surface area contributed by atoms with E-state index in [1.807, 2.05) is 18.3 Å². The number of guanidine groups is 1. The molecule has 0 saturated heterocycles. The van der Waals surface area contributed by atoms with Crippen LogP contribution in [0.25, 0.3) is 0 Å². The average Bonchev–Trinajstić information content (AvgIpc) is 2.69. The largest absolute Gasteiger partial charge is 0.355 e. The van der Waals surface area contributed by atoms with Crippen molar-refractivity contribution < 1.29 is 4.84 Å². The molecule has 7 nitrogen and oxygen atoms in total. The number of nitriles is 1. The summed E-state index contributed by atoms with van der Waals surface area (Å²) >= 11 is 0. The Morgan fingerprint density at radius 2 is 2.04 bits per heavy atom. The van der Waals surface area contributed by atoms with Gasteiger partial charge in [0.2, 0.25) is 12.2 Å². The summed E-state index contributed by atoms with van der Waals surface area (Å²) < 4.78 is 0. The molecule has 1 heterocycles. The molecule has 7 heteroatoms. The van der Waals surface area contributed by atoms with Crippen molar-refractivity contribution >= 4 is 11.6 Å². The first-order chi connectivity index (χ1) is 12.8. The van der Waals surface area contributed by atoms with E-state index >= 15 is 0 Å². The number of hydrogen-bond acceptors (Lipinski definition) is 5. The number of rotatable bonds is 9. The van der Waals surface area contributed by atoms with E-state index in [1.54, 1.807) is 19.5 Å². The van der Waals surface area contributed by atoms with Crippen molar-refractivity contribution in [2.45, 2.75) is 57.4 Å². The van der Waals surface area contributed by atoms with E-state index in [1.165, 1.54) is 32.1 Å². The molecule has 1 saturated carbocycles. The SMILES string of the molecule is CON(CCCCCN/C(=N\C#N)Nc1ccncc1)C1CCCCC1. The Morgan fingerprint density at radius 1 is 1.27 bits per heavy atom. The summed E-state index contributed by atoms with van der Waals surface area (Å²) in [7, 11) is 1.78. The average molecular weight is 358 g/mol. The Bertz CT molecular complexity index is 565. The van der Waals surface area contributed by atoms with Crippen LogP contribution < -0.4 is 10.6 Å². The standard InChI is InChI=1S/C19H30N6O/c1-26-25(18-8-4-2-5-9-18)15-7-3-6-12-22-19(23-16-20)24-17-10-13-21-14-11-17/h10-11,13-14,18H,2-9,12,15H2,1H3,(H2,21,22,23,24). The first-order valence-corrected chi connectivity index (χ1v) is 9.52. The number of nitrogens with zero attached hydrogens (tertiary/aromatic N) is 4. The molecule has 0 aromatic carbocycles. The molecule has 1 aromatic rings. The van der Waals surface area contributed by atoms with E-state index < -0.39 is 0 Å². The van der Waals surface area contributed by atoms with Gasteiger partial charge in [0.05, 0.1) is 7.11 Å². The number of nitrogens with one attached hydrogen (secondary N) is 2. The summed E-state index contributed by atoms with van der Waals surface area (Å²) in [6.45, 7) is 1.75. The number of unbranched alkanes of at least 4 members (excludes halogenated alkanes) is 2. The van der Waals surface area contributed by atoms with Gasteiger partial charge < -0.3 is 15.5 Å². The maximum atomic E-state index is 8.82. The van der Waals surface area contributed by atoms with E-state index in [2.05, 4.69) is 25.7 Å². The maximum Gasteiger partial charge on any atom is 0.211 e. The van der Waals surface area contributed by atoms with Gasteiger partial charge in [0.1, 0.15) is 0 Å². The van der Waals surface area contributed by atoms with Gasteiger partial charge in [-0.1, -0.05) is 25.7 Å². The monoisotopic (exact) mass is 358 g/mol. The second-order valence-electron chi connectivity index (χ2n) is 6.52. The van der Waals surface area contributed by atoms with Crippen LogP contribution in [-0.4, -0.2) is 42.2 Å². The second kappa shape index (κ2) is 12.2. The number of aromatic nitrogens is 1. The fourth-order valence-corrected chi connectivity index (χ4v) is 3.30. The Kier molecular flexibility index (Phi) is 9.47. The highest BCUT2D eigenvalue weighted by Gasteiger charge is 2.20. The normalized spacial score (nSPS) is 15.7. The van der Waals surface area contributed by atoms with Crippen molar-refractivity contribution in [2.75, 3.05) is 25.5 Å². The minimum Gasteiger partial charge on any atom is -0.355 e. The van der Waals surface area contributed by atoms with Crippen LogP contribution in [0.15, 0.2) is 29.5 Å². The van der Waals surface area contributed by atoms with Crippen molar-refractivity contribution in [3.05, 3.63) is 24.5 Å². The fourth-order valence-electron chi connectivity index (χ4n) is 3.30. The van der Waals surface area contributed by atoms with Gasteiger partial charge in [-0.15, -0.1) is 4.99 Å². The molecular weight excluding hydrogens is 328 g/mol. The lowest BCUT2D eigenvalue weighted by atomic mass is 9.95. The van der Waals surface area contributed by atoms with Crippen molar-refractivity contribution in [3.63, 3.8) is 0 Å². The molecular formula is C19H30N6O. The van der Waals surface area contributed by atoms with Gasteiger partial charge in [0.25, 0.3) is 0 Å². The highest BCUT2D eigenvalue weighted by Crippen LogP contribution is 2.22. The van der Waals surface area contributed by atoms with Crippen LogP contribution in [0, 0.1) is 11.5 Å². The Morgan fingerprint density at radius 3 is 2.73 bits per heavy atom. The Labute approximate surface area is 156 Å². The first kappa shape index (κ1) is 20.1. The summed E-state index contributed by atoms with van der Waals surface area (Å²) in [5, 5.41) is 17.3. The van der Waals surface area contributed by atoms with Gasteiger partial charge in [0, 0.05) is 37.2 Å². The van der Waals surface area contributed by atoms with E-state index in [4.69, 9.17) is 10.1 Å². The fraction of sp³-hybridized carbons (Fsp3) is 0.632. The second-order valence-corrected chi connectivity index (χ2v) is 6.52. The summed E-state index contributed by atoms with van der Waals surface area (Å²) in [5.41, 5.74) is 0.852. The lowest BCUT2D eigenvalue weighted by Crippen LogP contribution is -2.36.